The zero-order valence-electron chi connectivity index (χ0n) is 12.2. The van der Waals surface area contributed by atoms with Crippen molar-refractivity contribution in [1.29, 1.82) is 0 Å². The number of rotatable bonds is 4. The quantitative estimate of drug-likeness (QED) is 0.903. The normalized spacial score (nSPS) is 14.6. The van der Waals surface area contributed by atoms with Crippen molar-refractivity contribution in [3.05, 3.63) is 41.2 Å². The predicted molar refractivity (Wildman–Crippen MR) is 76.8 cm³/mol. The lowest BCUT2D eigenvalue weighted by Gasteiger charge is -2.24. The van der Waals surface area contributed by atoms with Gasteiger partial charge in [-0.25, -0.2) is 4.39 Å². The van der Waals surface area contributed by atoms with E-state index < -0.39 is 11.7 Å². The average molecular weight is 304 g/mol. The minimum atomic E-state index is -0.590. The van der Waals surface area contributed by atoms with Gasteiger partial charge in [-0.05, 0) is 25.0 Å². The maximum Gasteiger partial charge on any atom is 0.255 e. The van der Waals surface area contributed by atoms with Crippen LogP contribution < -0.4 is 5.32 Å². The van der Waals surface area contributed by atoms with Crippen LogP contribution >= 0.6 is 0 Å². The zero-order valence-corrected chi connectivity index (χ0v) is 12.2. The molecule has 1 aliphatic carbocycles. The number of benzene rings is 1. The molecule has 0 bridgehead atoms. The van der Waals surface area contributed by atoms with E-state index in [1.165, 1.54) is 12.5 Å². The molecular formula is C15H17FN4O2. The highest BCUT2D eigenvalue weighted by molar-refractivity contribution is 5.96. The second kappa shape index (κ2) is 5.75. The molecule has 1 aromatic carbocycles. The molecule has 1 fully saturated rings. The van der Waals surface area contributed by atoms with E-state index in [4.69, 9.17) is 0 Å². The third kappa shape index (κ3) is 2.66. The summed E-state index contributed by atoms with van der Waals surface area (Å²) in [6.45, 7) is 0.200. The van der Waals surface area contributed by atoms with Crippen molar-refractivity contribution in [2.45, 2.75) is 31.7 Å². The van der Waals surface area contributed by atoms with Gasteiger partial charge in [-0.3, -0.25) is 4.79 Å². The zero-order chi connectivity index (χ0) is 15.7. The fourth-order valence-electron chi connectivity index (χ4n) is 2.50. The predicted octanol–water partition coefficient (Wildman–Crippen LogP) is 1.86. The van der Waals surface area contributed by atoms with Gasteiger partial charge in [0.25, 0.3) is 5.91 Å². The number of hydrogen-bond acceptors (Lipinski definition) is 4. The number of aromatic nitrogens is 3. The Kier molecular flexibility index (Phi) is 3.79. The molecule has 3 rings (SSSR count). The van der Waals surface area contributed by atoms with Crippen molar-refractivity contribution < 1.29 is 14.3 Å². The highest BCUT2D eigenvalue weighted by atomic mass is 19.1. The molecule has 7 heteroatoms. The Labute approximate surface area is 127 Å². The minimum absolute atomic E-state index is 0.0304. The summed E-state index contributed by atoms with van der Waals surface area (Å²) >= 11 is 0. The molecule has 1 heterocycles. The van der Waals surface area contributed by atoms with Crippen LogP contribution in [0.4, 0.5) is 4.39 Å². The standard InChI is InChI=1S/C15H17FN4O2/c1-20-13(18-19-14(20)9-3-2-4-9)8-17-15(22)11-6-5-10(16)7-12(11)21/h5-7,9,21H,2-4,8H2,1H3,(H,17,22). The first-order chi connectivity index (χ1) is 10.6. The lowest BCUT2D eigenvalue weighted by molar-refractivity contribution is 0.0947. The number of hydrogen-bond donors (Lipinski definition) is 2. The van der Waals surface area contributed by atoms with Gasteiger partial charge in [-0.2, -0.15) is 0 Å². The van der Waals surface area contributed by atoms with Gasteiger partial charge in [0.2, 0.25) is 0 Å². The fourth-order valence-corrected chi connectivity index (χ4v) is 2.50. The van der Waals surface area contributed by atoms with Crippen molar-refractivity contribution in [2.75, 3.05) is 0 Å². The summed E-state index contributed by atoms with van der Waals surface area (Å²) in [5.41, 5.74) is 0.0304. The van der Waals surface area contributed by atoms with Crippen molar-refractivity contribution in [1.82, 2.24) is 20.1 Å². The molecule has 0 unspecified atom stereocenters. The molecular weight excluding hydrogens is 287 g/mol. The topological polar surface area (TPSA) is 80.0 Å². The highest BCUT2D eigenvalue weighted by Gasteiger charge is 2.25. The van der Waals surface area contributed by atoms with Gasteiger partial charge >= 0.3 is 0 Å². The fraction of sp³-hybridized carbons (Fsp3) is 0.400. The van der Waals surface area contributed by atoms with Gasteiger partial charge in [-0.1, -0.05) is 6.42 Å². The Morgan fingerprint density at radius 2 is 2.23 bits per heavy atom. The van der Waals surface area contributed by atoms with Crippen LogP contribution in [0.5, 0.6) is 5.75 Å². The van der Waals surface area contributed by atoms with E-state index in [0.717, 1.165) is 30.8 Å². The number of aromatic hydroxyl groups is 1. The number of phenolic OH excluding ortho intramolecular Hbond substituents is 1. The molecule has 2 aromatic rings. The second-order valence-corrected chi connectivity index (χ2v) is 5.51. The number of carbonyl (C=O) groups excluding carboxylic acids is 1. The summed E-state index contributed by atoms with van der Waals surface area (Å²) in [5.74, 6) is 0.601. The Bertz CT molecular complexity index is 710. The van der Waals surface area contributed by atoms with E-state index in [-0.39, 0.29) is 17.9 Å². The van der Waals surface area contributed by atoms with Gasteiger partial charge in [0.1, 0.15) is 17.4 Å². The van der Waals surface area contributed by atoms with Gasteiger partial charge in [0.15, 0.2) is 5.82 Å². The molecule has 22 heavy (non-hydrogen) atoms. The first-order valence-electron chi connectivity index (χ1n) is 7.21. The SMILES string of the molecule is Cn1c(CNC(=O)c2ccc(F)cc2O)nnc1C1CCC1. The van der Waals surface area contributed by atoms with Crippen molar-refractivity contribution >= 4 is 5.91 Å². The van der Waals surface area contributed by atoms with E-state index >= 15 is 0 Å². The Morgan fingerprint density at radius 3 is 2.86 bits per heavy atom. The first kappa shape index (κ1) is 14.5. The van der Waals surface area contributed by atoms with Crippen LogP contribution in [0.15, 0.2) is 18.2 Å². The molecule has 1 amide bonds. The van der Waals surface area contributed by atoms with Gasteiger partial charge < -0.3 is 15.0 Å². The molecule has 0 radical (unpaired) electrons. The van der Waals surface area contributed by atoms with Crippen molar-refractivity contribution in [2.24, 2.45) is 7.05 Å². The van der Waals surface area contributed by atoms with E-state index in [0.29, 0.717) is 11.7 Å². The molecule has 116 valence electrons. The molecule has 0 atom stereocenters. The van der Waals surface area contributed by atoms with Crippen LogP contribution in [0.2, 0.25) is 0 Å². The van der Waals surface area contributed by atoms with Gasteiger partial charge in [0.05, 0.1) is 12.1 Å². The summed E-state index contributed by atoms with van der Waals surface area (Å²) in [4.78, 5) is 12.0. The largest absolute Gasteiger partial charge is 0.507 e. The smallest absolute Gasteiger partial charge is 0.255 e. The van der Waals surface area contributed by atoms with Crippen molar-refractivity contribution in [3.63, 3.8) is 0 Å². The van der Waals surface area contributed by atoms with Crippen molar-refractivity contribution in [3.8, 4) is 5.75 Å². The summed E-state index contributed by atoms with van der Waals surface area (Å²) in [6, 6.07) is 3.29. The molecule has 0 saturated heterocycles. The molecule has 1 aliphatic rings. The van der Waals surface area contributed by atoms with Crippen LogP contribution in [-0.4, -0.2) is 25.8 Å². The summed E-state index contributed by atoms with van der Waals surface area (Å²) in [6.07, 6.45) is 3.47. The molecule has 2 N–H and O–H groups in total. The maximum atomic E-state index is 12.9. The van der Waals surface area contributed by atoms with Gasteiger partial charge in [0, 0.05) is 19.0 Å². The minimum Gasteiger partial charge on any atom is -0.507 e. The number of carbonyl (C=O) groups is 1. The average Bonchev–Trinajstić information content (AvgIpc) is 2.76. The third-order valence-corrected chi connectivity index (χ3v) is 4.08. The number of nitrogens with one attached hydrogen (secondary N) is 1. The third-order valence-electron chi connectivity index (χ3n) is 4.08. The van der Waals surface area contributed by atoms with Crippen LogP contribution in [-0.2, 0) is 13.6 Å². The van der Waals surface area contributed by atoms with Crippen LogP contribution in [0.25, 0.3) is 0 Å². The maximum absolute atomic E-state index is 12.9. The number of nitrogens with zero attached hydrogens (tertiary/aromatic N) is 3. The number of halogens is 1. The summed E-state index contributed by atoms with van der Waals surface area (Å²) in [5, 5.41) is 20.5. The van der Waals surface area contributed by atoms with Crippen LogP contribution in [0.1, 0.15) is 47.2 Å². The monoisotopic (exact) mass is 304 g/mol. The highest BCUT2D eigenvalue weighted by Crippen LogP contribution is 2.35. The number of amides is 1. The lowest BCUT2D eigenvalue weighted by atomic mass is 9.85. The van der Waals surface area contributed by atoms with E-state index in [1.807, 2.05) is 11.6 Å². The molecule has 0 spiro atoms. The van der Waals surface area contributed by atoms with Crippen LogP contribution in [0, 0.1) is 5.82 Å². The van der Waals surface area contributed by atoms with E-state index in [1.54, 1.807) is 0 Å². The van der Waals surface area contributed by atoms with Crippen LogP contribution in [0.3, 0.4) is 0 Å². The molecule has 0 aliphatic heterocycles. The summed E-state index contributed by atoms with van der Waals surface area (Å²) in [7, 11) is 1.88. The molecule has 6 nitrogen and oxygen atoms in total. The lowest BCUT2D eigenvalue weighted by Crippen LogP contribution is -2.25. The van der Waals surface area contributed by atoms with Gasteiger partial charge in [-0.15, -0.1) is 10.2 Å². The summed E-state index contributed by atoms with van der Waals surface area (Å²) < 4.78 is 14.8. The van der Waals surface area contributed by atoms with E-state index in [9.17, 15) is 14.3 Å². The first-order valence-corrected chi connectivity index (χ1v) is 7.21. The Balaban J connectivity index is 1.67. The molecule has 1 saturated carbocycles. The second-order valence-electron chi connectivity index (χ2n) is 5.51. The Hall–Kier alpha value is -2.44. The Morgan fingerprint density at radius 1 is 1.45 bits per heavy atom. The molecule has 1 aromatic heterocycles. The van der Waals surface area contributed by atoms with E-state index in [2.05, 4.69) is 15.5 Å². The number of phenols is 1.